The summed E-state index contributed by atoms with van der Waals surface area (Å²) in [6, 6.07) is 1.63. The summed E-state index contributed by atoms with van der Waals surface area (Å²) < 4.78 is 50.7. The molecule has 0 aliphatic heterocycles. The Labute approximate surface area is 110 Å². The van der Waals surface area contributed by atoms with Crippen LogP contribution in [-0.2, 0) is 15.8 Å². The van der Waals surface area contributed by atoms with Crippen LogP contribution in [0.3, 0.4) is 0 Å². The number of carbonyl (C=O) groups excluding carboxylic acids is 2. The highest BCUT2D eigenvalue weighted by molar-refractivity contribution is 6.39. The van der Waals surface area contributed by atoms with Crippen LogP contribution in [0.4, 0.5) is 23.2 Å². The number of nitrogens with one attached hydrogen (secondary N) is 2. The molecule has 5 nitrogen and oxygen atoms in total. The van der Waals surface area contributed by atoms with Gasteiger partial charge in [0, 0.05) is 6.54 Å². The SMILES string of the molecule is O=C(NCCO)C(=O)Nc1ccc(F)cc1C(F)(F)F. The standard InChI is InChI=1S/C11H10F4N2O3/c12-6-1-2-8(7(5-6)11(13,14)15)17-10(20)9(19)16-3-4-18/h1-2,5,18H,3-4H2,(H,16,19)(H,17,20). The quantitative estimate of drug-likeness (QED) is 0.572. The summed E-state index contributed by atoms with van der Waals surface area (Å²) in [5.41, 5.74) is -2.14. The zero-order chi connectivity index (χ0) is 15.3. The van der Waals surface area contributed by atoms with Gasteiger partial charge in [0.25, 0.3) is 0 Å². The molecule has 0 aliphatic carbocycles. The lowest BCUT2D eigenvalue weighted by Crippen LogP contribution is -2.37. The van der Waals surface area contributed by atoms with Crippen molar-refractivity contribution in [2.24, 2.45) is 0 Å². The van der Waals surface area contributed by atoms with Crippen molar-refractivity contribution in [3.63, 3.8) is 0 Å². The van der Waals surface area contributed by atoms with Crippen LogP contribution < -0.4 is 10.6 Å². The van der Waals surface area contributed by atoms with Gasteiger partial charge in [-0.15, -0.1) is 0 Å². The van der Waals surface area contributed by atoms with Crippen molar-refractivity contribution in [3.05, 3.63) is 29.6 Å². The molecule has 1 aromatic rings. The van der Waals surface area contributed by atoms with Gasteiger partial charge in [-0.3, -0.25) is 9.59 Å². The molecule has 110 valence electrons. The van der Waals surface area contributed by atoms with Crippen LogP contribution in [0.15, 0.2) is 18.2 Å². The van der Waals surface area contributed by atoms with Gasteiger partial charge in [0.1, 0.15) is 5.82 Å². The molecule has 1 rings (SSSR count). The second-order valence-electron chi connectivity index (χ2n) is 3.62. The highest BCUT2D eigenvalue weighted by Gasteiger charge is 2.34. The Morgan fingerprint density at radius 3 is 2.40 bits per heavy atom. The molecule has 1 aromatic carbocycles. The molecule has 0 aliphatic rings. The van der Waals surface area contributed by atoms with E-state index in [0.717, 1.165) is 6.07 Å². The van der Waals surface area contributed by atoms with Crippen LogP contribution in [0.25, 0.3) is 0 Å². The van der Waals surface area contributed by atoms with E-state index in [9.17, 15) is 27.2 Å². The fraction of sp³-hybridized carbons (Fsp3) is 0.273. The Balaban J connectivity index is 2.93. The molecule has 0 bridgehead atoms. The molecule has 2 amide bonds. The van der Waals surface area contributed by atoms with Crippen molar-refractivity contribution in [2.45, 2.75) is 6.18 Å². The van der Waals surface area contributed by atoms with Gasteiger partial charge in [0.05, 0.1) is 17.9 Å². The first-order valence-corrected chi connectivity index (χ1v) is 5.32. The first kappa shape index (κ1) is 15.9. The molecule has 20 heavy (non-hydrogen) atoms. The number of halogens is 4. The van der Waals surface area contributed by atoms with E-state index < -0.39 is 41.7 Å². The molecular weight excluding hydrogens is 284 g/mol. The van der Waals surface area contributed by atoms with E-state index >= 15 is 0 Å². The third-order valence-corrected chi connectivity index (χ3v) is 2.14. The third kappa shape index (κ3) is 4.19. The van der Waals surface area contributed by atoms with E-state index in [1.165, 1.54) is 0 Å². The Hall–Kier alpha value is -2.16. The number of benzene rings is 1. The number of hydrogen-bond donors (Lipinski definition) is 3. The summed E-state index contributed by atoms with van der Waals surface area (Å²) in [5, 5.41) is 12.1. The molecule has 0 saturated heterocycles. The van der Waals surface area contributed by atoms with Crippen molar-refractivity contribution in [1.82, 2.24) is 5.32 Å². The Morgan fingerprint density at radius 2 is 1.85 bits per heavy atom. The zero-order valence-corrected chi connectivity index (χ0v) is 9.92. The number of anilines is 1. The number of carbonyl (C=O) groups is 2. The lowest BCUT2D eigenvalue weighted by atomic mass is 10.1. The van der Waals surface area contributed by atoms with Crippen LogP contribution >= 0.6 is 0 Å². The van der Waals surface area contributed by atoms with E-state index in [0.29, 0.717) is 6.07 Å². The number of alkyl halides is 3. The molecule has 9 heteroatoms. The first-order valence-electron chi connectivity index (χ1n) is 5.32. The summed E-state index contributed by atoms with van der Waals surface area (Å²) >= 11 is 0. The maximum absolute atomic E-state index is 12.8. The molecule has 0 radical (unpaired) electrons. The molecule has 0 atom stereocenters. The summed E-state index contributed by atoms with van der Waals surface area (Å²) in [6.07, 6.45) is -4.88. The maximum atomic E-state index is 12.8. The summed E-state index contributed by atoms with van der Waals surface area (Å²) in [5.74, 6) is -3.69. The van der Waals surface area contributed by atoms with E-state index in [4.69, 9.17) is 5.11 Å². The average Bonchev–Trinajstić information content (AvgIpc) is 2.36. The van der Waals surface area contributed by atoms with Crippen LogP contribution in [0, 0.1) is 5.82 Å². The minimum atomic E-state index is -4.88. The number of hydrogen-bond acceptors (Lipinski definition) is 3. The van der Waals surface area contributed by atoms with E-state index in [1.54, 1.807) is 5.32 Å². The highest BCUT2D eigenvalue weighted by Crippen LogP contribution is 2.35. The van der Waals surface area contributed by atoms with Gasteiger partial charge in [-0.1, -0.05) is 0 Å². The number of rotatable bonds is 3. The van der Waals surface area contributed by atoms with Gasteiger partial charge >= 0.3 is 18.0 Å². The fourth-order valence-corrected chi connectivity index (χ4v) is 1.29. The van der Waals surface area contributed by atoms with Crippen molar-refractivity contribution < 1.29 is 32.3 Å². The van der Waals surface area contributed by atoms with Gasteiger partial charge in [0.15, 0.2) is 0 Å². The minimum absolute atomic E-state index is 0.210. The summed E-state index contributed by atoms with van der Waals surface area (Å²) in [4.78, 5) is 22.5. The van der Waals surface area contributed by atoms with E-state index in [1.807, 2.05) is 5.32 Å². The van der Waals surface area contributed by atoms with Gasteiger partial charge < -0.3 is 15.7 Å². The molecule has 0 fully saturated rings. The molecule has 0 heterocycles. The average molecular weight is 294 g/mol. The van der Waals surface area contributed by atoms with Gasteiger partial charge in [-0.25, -0.2) is 4.39 Å². The number of aliphatic hydroxyl groups is 1. The van der Waals surface area contributed by atoms with Crippen LogP contribution in [0.2, 0.25) is 0 Å². The first-order chi connectivity index (χ1) is 9.25. The highest BCUT2D eigenvalue weighted by atomic mass is 19.4. The van der Waals surface area contributed by atoms with Crippen molar-refractivity contribution in [1.29, 1.82) is 0 Å². The topological polar surface area (TPSA) is 78.4 Å². The van der Waals surface area contributed by atoms with E-state index in [-0.39, 0.29) is 12.6 Å². The Kier molecular flexibility index (Phi) is 5.03. The monoisotopic (exact) mass is 294 g/mol. The second kappa shape index (κ2) is 6.33. The largest absolute Gasteiger partial charge is 0.418 e. The molecular formula is C11H10F4N2O3. The molecule has 3 N–H and O–H groups in total. The Bertz CT molecular complexity index is 517. The smallest absolute Gasteiger partial charge is 0.395 e. The normalized spacial score (nSPS) is 11.1. The van der Waals surface area contributed by atoms with Gasteiger partial charge in [-0.05, 0) is 18.2 Å². The van der Waals surface area contributed by atoms with Crippen LogP contribution in [0.1, 0.15) is 5.56 Å². The minimum Gasteiger partial charge on any atom is -0.395 e. The lowest BCUT2D eigenvalue weighted by Gasteiger charge is -2.13. The second-order valence-corrected chi connectivity index (χ2v) is 3.62. The zero-order valence-electron chi connectivity index (χ0n) is 9.92. The molecule has 0 unspecified atom stereocenters. The number of aliphatic hydroxyl groups excluding tert-OH is 1. The van der Waals surface area contributed by atoms with Gasteiger partial charge in [-0.2, -0.15) is 13.2 Å². The Morgan fingerprint density at radius 1 is 1.20 bits per heavy atom. The summed E-state index contributed by atoms with van der Waals surface area (Å²) in [6.45, 7) is -0.648. The molecule has 0 aromatic heterocycles. The predicted molar refractivity (Wildman–Crippen MR) is 60.1 cm³/mol. The molecule has 0 spiro atoms. The third-order valence-electron chi connectivity index (χ3n) is 2.14. The summed E-state index contributed by atoms with van der Waals surface area (Å²) in [7, 11) is 0. The lowest BCUT2D eigenvalue weighted by molar-refractivity contribution is -0.138. The molecule has 0 saturated carbocycles. The van der Waals surface area contributed by atoms with Crippen molar-refractivity contribution in [2.75, 3.05) is 18.5 Å². The van der Waals surface area contributed by atoms with Gasteiger partial charge in [0.2, 0.25) is 0 Å². The van der Waals surface area contributed by atoms with Crippen molar-refractivity contribution in [3.8, 4) is 0 Å². The van der Waals surface area contributed by atoms with Crippen molar-refractivity contribution >= 4 is 17.5 Å². The van der Waals surface area contributed by atoms with Crippen LogP contribution in [-0.4, -0.2) is 30.1 Å². The number of amides is 2. The van der Waals surface area contributed by atoms with E-state index in [2.05, 4.69) is 0 Å². The predicted octanol–water partition coefficient (Wildman–Crippen LogP) is 0.891. The van der Waals surface area contributed by atoms with Crippen LogP contribution in [0.5, 0.6) is 0 Å². The maximum Gasteiger partial charge on any atom is 0.418 e. The fourth-order valence-electron chi connectivity index (χ4n) is 1.29.